The van der Waals surface area contributed by atoms with Gasteiger partial charge in [-0.05, 0) is 43.9 Å². The smallest absolute Gasteiger partial charge is 0.143 e. The molecule has 2 heteroatoms. The quantitative estimate of drug-likeness (QED) is 0.399. The molecule has 0 heterocycles. The second kappa shape index (κ2) is 4.07. The third-order valence-corrected chi connectivity index (χ3v) is 4.21. The third-order valence-electron chi connectivity index (χ3n) is 4.21. The summed E-state index contributed by atoms with van der Waals surface area (Å²) in [5.74, 6) is 0.233. The van der Waals surface area contributed by atoms with Gasteiger partial charge in [0.15, 0.2) is 0 Å². The Kier molecular flexibility index (Phi) is 3.37. The van der Waals surface area contributed by atoms with Gasteiger partial charge in [-0.15, -0.1) is 0 Å². The van der Waals surface area contributed by atoms with E-state index >= 15 is 0 Å². The summed E-state index contributed by atoms with van der Waals surface area (Å²) in [6.45, 7) is 8.04. The van der Waals surface area contributed by atoms with Gasteiger partial charge in [0.2, 0.25) is 0 Å². The number of hydrogen-bond acceptors (Lipinski definition) is 2. The Morgan fingerprint density at radius 2 is 1.87 bits per heavy atom. The van der Waals surface area contributed by atoms with Crippen molar-refractivity contribution in [2.75, 3.05) is 0 Å². The zero-order valence-corrected chi connectivity index (χ0v) is 10.3. The van der Waals surface area contributed by atoms with Crippen LogP contribution < -0.4 is 0 Å². The van der Waals surface area contributed by atoms with Gasteiger partial charge in [0.25, 0.3) is 0 Å². The SMILES string of the molecule is CC(=O)C1(C=O)CCC(C)(C)CCC1C. The van der Waals surface area contributed by atoms with Gasteiger partial charge in [0.05, 0.1) is 5.41 Å². The number of carbonyl (C=O) groups excluding carboxylic acids is 2. The van der Waals surface area contributed by atoms with Gasteiger partial charge in [-0.1, -0.05) is 20.8 Å². The average Bonchev–Trinajstić information content (AvgIpc) is 2.26. The maximum atomic E-state index is 11.7. The van der Waals surface area contributed by atoms with Gasteiger partial charge < -0.3 is 4.79 Å². The van der Waals surface area contributed by atoms with Crippen LogP contribution in [0.3, 0.4) is 0 Å². The van der Waals surface area contributed by atoms with Crippen molar-refractivity contribution < 1.29 is 9.59 Å². The first-order chi connectivity index (χ1) is 6.84. The van der Waals surface area contributed by atoms with Crippen LogP contribution in [0.25, 0.3) is 0 Å². The van der Waals surface area contributed by atoms with Crippen LogP contribution in [-0.2, 0) is 9.59 Å². The Hall–Kier alpha value is -0.660. The van der Waals surface area contributed by atoms with E-state index in [1.165, 1.54) is 0 Å². The number of aldehydes is 1. The molecule has 2 atom stereocenters. The molecule has 0 amide bonds. The predicted molar refractivity (Wildman–Crippen MR) is 60.6 cm³/mol. The Bertz CT molecular complexity index is 268. The highest BCUT2D eigenvalue weighted by Crippen LogP contribution is 2.45. The fourth-order valence-electron chi connectivity index (χ4n) is 2.56. The van der Waals surface area contributed by atoms with Crippen LogP contribution >= 0.6 is 0 Å². The summed E-state index contributed by atoms with van der Waals surface area (Å²) in [5.41, 5.74) is -0.428. The first kappa shape index (κ1) is 12.4. The summed E-state index contributed by atoms with van der Waals surface area (Å²) in [5, 5.41) is 0. The van der Waals surface area contributed by atoms with Crippen molar-refractivity contribution in [2.45, 2.75) is 53.4 Å². The molecule has 0 saturated heterocycles. The van der Waals surface area contributed by atoms with Crippen molar-refractivity contribution in [1.82, 2.24) is 0 Å². The molecule has 0 bridgehead atoms. The average molecular weight is 210 g/mol. The highest BCUT2D eigenvalue weighted by molar-refractivity contribution is 5.97. The zero-order chi connectivity index (χ0) is 11.7. The van der Waals surface area contributed by atoms with Crippen molar-refractivity contribution >= 4 is 12.1 Å². The van der Waals surface area contributed by atoms with Gasteiger partial charge in [-0.25, -0.2) is 0 Å². The molecule has 1 aliphatic rings. The first-order valence-corrected chi connectivity index (χ1v) is 5.81. The van der Waals surface area contributed by atoms with Crippen molar-refractivity contribution in [3.05, 3.63) is 0 Å². The maximum Gasteiger partial charge on any atom is 0.143 e. The molecule has 0 radical (unpaired) electrons. The molecule has 0 aromatic carbocycles. The molecule has 1 fully saturated rings. The highest BCUT2D eigenvalue weighted by Gasteiger charge is 2.44. The number of hydrogen-bond donors (Lipinski definition) is 0. The van der Waals surface area contributed by atoms with Gasteiger partial charge >= 0.3 is 0 Å². The third kappa shape index (κ3) is 2.30. The Balaban J connectivity index is 2.98. The topological polar surface area (TPSA) is 34.1 Å². The molecular weight excluding hydrogens is 188 g/mol. The fourth-order valence-corrected chi connectivity index (χ4v) is 2.56. The van der Waals surface area contributed by atoms with E-state index in [4.69, 9.17) is 0 Å². The van der Waals surface area contributed by atoms with Crippen LogP contribution in [0.15, 0.2) is 0 Å². The molecule has 0 spiro atoms. The monoisotopic (exact) mass is 210 g/mol. The van der Waals surface area contributed by atoms with Crippen molar-refractivity contribution in [3.8, 4) is 0 Å². The summed E-state index contributed by atoms with van der Waals surface area (Å²) in [4.78, 5) is 23.0. The normalized spacial score (nSPS) is 35.6. The molecule has 15 heavy (non-hydrogen) atoms. The second-order valence-electron chi connectivity index (χ2n) is 5.82. The van der Waals surface area contributed by atoms with E-state index in [9.17, 15) is 9.59 Å². The highest BCUT2D eigenvalue weighted by atomic mass is 16.1. The standard InChI is InChI=1S/C13H22O2/c1-10-5-6-12(3,4)7-8-13(10,9-14)11(2)15/h9-10H,5-8H2,1-4H3. The molecule has 0 N–H and O–H groups in total. The lowest BCUT2D eigenvalue weighted by atomic mass is 9.71. The lowest BCUT2D eigenvalue weighted by molar-refractivity contribution is -0.136. The Morgan fingerprint density at radius 1 is 1.27 bits per heavy atom. The van der Waals surface area contributed by atoms with E-state index in [-0.39, 0.29) is 17.1 Å². The molecular formula is C13H22O2. The summed E-state index contributed by atoms with van der Waals surface area (Å²) in [6.07, 6.45) is 4.68. The van der Waals surface area contributed by atoms with Gasteiger partial charge in [0, 0.05) is 0 Å². The first-order valence-electron chi connectivity index (χ1n) is 5.81. The van der Waals surface area contributed by atoms with Gasteiger partial charge in [-0.3, -0.25) is 4.79 Å². The summed E-state index contributed by atoms with van der Waals surface area (Å²) in [6, 6.07) is 0. The van der Waals surface area contributed by atoms with Crippen LogP contribution in [0.1, 0.15) is 53.4 Å². The predicted octanol–water partition coefficient (Wildman–Crippen LogP) is 3.00. The van der Waals surface area contributed by atoms with E-state index in [0.29, 0.717) is 0 Å². The van der Waals surface area contributed by atoms with Gasteiger partial charge in [-0.2, -0.15) is 0 Å². The van der Waals surface area contributed by atoms with Crippen molar-refractivity contribution in [3.63, 3.8) is 0 Å². The lowest BCUT2D eigenvalue weighted by Crippen LogP contribution is -2.37. The van der Waals surface area contributed by atoms with E-state index in [1.807, 2.05) is 6.92 Å². The Morgan fingerprint density at radius 3 is 2.33 bits per heavy atom. The second-order valence-corrected chi connectivity index (χ2v) is 5.82. The van der Waals surface area contributed by atoms with E-state index in [0.717, 1.165) is 32.0 Å². The molecule has 0 aromatic rings. The van der Waals surface area contributed by atoms with Gasteiger partial charge in [0.1, 0.15) is 12.1 Å². The van der Waals surface area contributed by atoms with E-state index in [1.54, 1.807) is 6.92 Å². The van der Waals surface area contributed by atoms with Crippen LogP contribution in [0.2, 0.25) is 0 Å². The minimum Gasteiger partial charge on any atom is -0.302 e. The molecule has 2 nitrogen and oxygen atoms in total. The number of ketones is 1. The lowest BCUT2D eigenvalue weighted by Gasteiger charge is -2.29. The van der Waals surface area contributed by atoms with Crippen LogP contribution in [0.5, 0.6) is 0 Å². The molecule has 2 unspecified atom stereocenters. The van der Waals surface area contributed by atoms with E-state index < -0.39 is 5.41 Å². The molecule has 0 aliphatic heterocycles. The van der Waals surface area contributed by atoms with E-state index in [2.05, 4.69) is 13.8 Å². The zero-order valence-electron chi connectivity index (χ0n) is 10.3. The molecule has 1 rings (SSSR count). The largest absolute Gasteiger partial charge is 0.302 e. The van der Waals surface area contributed by atoms with Crippen LogP contribution in [-0.4, -0.2) is 12.1 Å². The van der Waals surface area contributed by atoms with Crippen molar-refractivity contribution in [1.29, 1.82) is 0 Å². The number of rotatable bonds is 2. The molecule has 1 aliphatic carbocycles. The van der Waals surface area contributed by atoms with Crippen LogP contribution in [0.4, 0.5) is 0 Å². The number of Topliss-reactive ketones (excluding diaryl/α,β-unsaturated/α-hetero) is 1. The Labute approximate surface area is 92.4 Å². The molecule has 1 saturated carbocycles. The minimum absolute atomic E-state index is 0.0442. The summed E-state index contributed by atoms with van der Waals surface area (Å²) < 4.78 is 0. The molecule has 86 valence electrons. The minimum atomic E-state index is -0.701. The summed E-state index contributed by atoms with van der Waals surface area (Å²) >= 11 is 0. The molecule has 0 aromatic heterocycles. The maximum absolute atomic E-state index is 11.7. The van der Waals surface area contributed by atoms with Crippen molar-refractivity contribution in [2.24, 2.45) is 16.7 Å². The number of carbonyl (C=O) groups is 2. The summed E-state index contributed by atoms with van der Waals surface area (Å²) in [7, 11) is 0. The fraction of sp³-hybridized carbons (Fsp3) is 0.846. The van der Waals surface area contributed by atoms with Crippen LogP contribution in [0, 0.1) is 16.7 Å².